The first-order valence-electron chi connectivity index (χ1n) is 7.23. The van der Waals surface area contributed by atoms with Crippen LogP contribution in [0.5, 0.6) is 6.01 Å². The summed E-state index contributed by atoms with van der Waals surface area (Å²) in [6.45, 7) is 1.69. The van der Waals surface area contributed by atoms with Crippen LogP contribution in [0, 0.1) is 0 Å². The van der Waals surface area contributed by atoms with E-state index in [-0.39, 0.29) is 12.0 Å². The standard InChI is InChI=1S/C15H17ClN4O2/c16-12-8-17-15(18-9-12)22-13-4-3-7-20(10-13)14(21)11-19-5-1-2-6-19/h1-2,5-6,8-9,13H,3-4,7,10-11H2. The summed E-state index contributed by atoms with van der Waals surface area (Å²) in [5, 5.41) is 0.472. The molecule has 22 heavy (non-hydrogen) atoms. The molecular formula is C15H17ClN4O2. The SMILES string of the molecule is O=C(Cn1cccc1)N1CCCC(Oc2ncc(Cl)cn2)C1. The minimum absolute atomic E-state index is 0.0801. The Hall–Kier alpha value is -2.08. The van der Waals surface area contributed by atoms with Crippen LogP contribution in [0.3, 0.4) is 0 Å². The second-order valence-electron chi connectivity index (χ2n) is 5.26. The van der Waals surface area contributed by atoms with Gasteiger partial charge in [-0.15, -0.1) is 0 Å². The fraction of sp³-hybridized carbons (Fsp3) is 0.400. The summed E-state index contributed by atoms with van der Waals surface area (Å²) in [4.78, 5) is 22.2. The van der Waals surface area contributed by atoms with Gasteiger partial charge < -0.3 is 14.2 Å². The summed E-state index contributed by atoms with van der Waals surface area (Å²) in [6.07, 6.45) is 8.50. The molecule has 1 amide bonds. The normalized spacial score (nSPS) is 18.2. The van der Waals surface area contributed by atoms with E-state index in [1.54, 1.807) is 0 Å². The zero-order chi connectivity index (χ0) is 15.4. The molecule has 6 nitrogen and oxygen atoms in total. The first-order valence-corrected chi connectivity index (χ1v) is 7.61. The van der Waals surface area contributed by atoms with E-state index in [0.717, 1.165) is 19.4 Å². The maximum atomic E-state index is 12.3. The molecule has 2 aromatic heterocycles. The number of ether oxygens (including phenoxy) is 1. The maximum absolute atomic E-state index is 12.3. The largest absolute Gasteiger partial charge is 0.458 e. The van der Waals surface area contributed by atoms with Gasteiger partial charge in [0.2, 0.25) is 5.91 Å². The van der Waals surface area contributed by atoms with Crippen LogP contribution in [0.25, 0.3) is 0 Å². The number of amides is 1. The smallest absolute Gasteiger partial charge is 0.316 e. The number of likely N-dealkylation sites (tertiary alicyclic amines) is 1. The van der Waals surface area contributed by atoms with Crippen molar-refractivity contribution < 1.29 is 9.53 Å². The zero-order valence-electron chi connectivity index (χ0n) is 12.1. The molecule has 1 atom stereocenters. The molecule has 0 N–H and O–H groups in total. The van der Waals surface area contributed by atoms with Crippen molar-refractivity contribution in [2.75, 3.05) is 13.1 Å². The molecule has 1 unspecified atom stereocenters. The third kappa shape index (κ3) is 3.76. The van der Waals surface area contributed by atoms with Crippen LogP contribution in [-0.2, 0) is 11.3 Å². The molecule has 3 heterocycles. The van der Waals surface area contributed by atoms with Crippen LogP contribution in [0.1, 0.15) is 12.8 Å². The van der Waals surface area contributed by atoms with E-state index in [9.17, 15) is 4.79 Å². The average molecular weight is 321 g/mol. The number of halogens is 1. The lowest BCUT2D eigenvalue weighted by atomic mass is 10.1. The molecule has 0 spiro atoms. The minimum Gasteiger partial charge on any atom is -0.458 e. The van der Waals surface area contributed by atoms with Crippen LogP contribution >= 0.6 is 11.6 Å². The molecule has 0 bridgehead atoms. The number of carbonyl (C=O) groups excluding carboxylic acids is 1. The molecule has 0 saturated carbocycles. The minimum atomic E-state index is -0.0801. The van der Waals surface area contributed by atoms with Gasteiger partial charge >= 0.3 is 6.01 Å². The predicted molar refractivity (Wildman–Crippen MR) is 81.7 cm³/mol. The second-order valence-corrected chi connectivity index (χ2v) is 5.70. The van der Waals surface area contributed by atoms with Crippen LogP contribution in [0.2, 0.25) is 5.02 Å². The van der Waals surface area contributed by atoms with Crippen LogP contribution in [0.4, 0.5) is 0 Å². The predicted octanol–water partition coefficient (Wildman–Crippen LogP) is 2.00. The van der Waals surface area contributed by atoms with Gasteiger partial charge in [-0.3, -0.25) is 4.79 Å². The monoisotopic (exact) mass is 320 g/mol. The highest BCUT2D eigenvalue weighted by Gasteiger charge is 2.25. The lowest BCUT2D eigenvalue weighted by Crippen LogP contribution is -2.45. The van der Waals surface area contributed by atoms with Crippen molar-refractivity contribution in [3.8, 4) is 6.01 Å². The number of hydrogen-bond donors (Lipinski definition) is 0. The Kier molecular flexibility index (Phi) is 4.58. The lowest BCUT2D eigenvalue weighted by Gasteiger charge is -2.32. The van der Waals surface area contributed by atoms with Gasteiger partial charge in [-0.05, 0) is 25.0 Å². The van der Waals surface area contributed by atoms with Crippen LogP contribution in [-0.4, -0.2) is 44.5 Å². The molecule has 0 radical (unpaired) electrons. The summed E-state index contributed by atoms with van der Waals surface area (Å²) < 4.78 is 7.61. The Balaban J connectivity index is 1.56. The van der Waals surface area contributed by atoms with E-state index in [1.165, 1.54) is 12.4 Å². The van der Waals surface area contributed by atoms with E-state index in [0.29, 0.717) is 24.1 Å². The molecule has 1 fully saturated rings. The molecule has 1 aliphatic heterocycles. The molecule has 1 aliphatic rings. The van der Waals surface area contributed by atoms with E-state index in [2.05, 4.69) is 9.97 Å². The van der Waals surface area contributed by atoms with Gasteiger partial charge in [-0.2, -0.15) is 0 Å². The average Bonchev–Trinajstić information content (AvgIpc) is 3.03. The highest BCUT2D eigenvalue weighted by molar-refractivity contribution is 6.30. The van der Waals surface area contributed by atoms with Crippen molar-refractivity contribution >= 4 is 17.5 Å². The van der Waals surface area contributed by atoms with Crippen LogP contribution < -0.4 is 4.74 Å². The number of nitrogens with zero attached hydrogens (tertiary/aromatic N) is 4. The number of carbonyl (C=O) groups is 1. The van der Waals surface area contributed by atoms with Crippen molar-refractivity contribution in [2.45, 2.75) is 25.5 Å². The van der Waals surface area contributed by atoms with Gasteiger partial charge in [0.15, 0.2) is 0 Å². The molecule has 2 aromatic rings. The summed E-state index contributed by atoms with van der Waals surface area (Å²) in [5.41, 5.74) is 0. The number of rotatable bonds is 4. The molecule has 3 rings (SSSR count). The Bertz CT molecular complexity index is 615. The van der Waals surface area contributed by atoms with E-state index >= 15 is 0 Å². The van der Waals surface area contributed by atoms with E-state index < -0.39 is 0 Å². The number of hydrogen-bond acceptors (Lipinski definition) is 4. The fourth-order valence-corrected chi connectivity index (χ4v) is 2.60. The Morgan fingerprint density at radius 1 is 1.32 bits per heavy atom. The third-order valence-corrected chi connectivity index (χ3v) is 3.78. The van der Waals surface area contributed by atoms with Gasteiger partial charge in [-0.25, -0.2) is 9.97 Å². The highest BCUT2D eigenvalue weighted by Crippen LogP contribution is 2.16. The summed E-state index contributed by atoms with van der Waals surface area (Å²) in [5.74, 6) is 0.0986. The van der Waals surface area contributed by atoms with E-state index in [1.807, 2.05) is 34.0 Å². The molecule has 1 saturated heterocycles. The van der Waals surface area contributed by atoms with Crippen molar-refractivity contribution in [2.24, 2.45) is 0 Å². The summed E-state index contributed by atoms with van der Waals surface area (Å²) >= 11 is 5.75. The number of aromatic nitrogens is 3. The van der Waals surface area contributed by atoms with Crippen molar-refractivity contribution in [1.29, 1.82) is 0 Å². The quantitative estimate of drug-likeness (QED) is 0.864. The first kappa shape index (κ1) is 14.8. The van der Waals surface area contributed by atoms with Gasteiger partial charge in [-0.1, -0.05) is 11.6 Å². The molecular weight excluding hydrogens is 304 g/mol. The number of piperidine rings is 1. The molecule has 7 heteroatoms. The van der Waals surface area contributed by atoms with Crippen molar-refractivity contribution in [1.82, 2.24) is 19.4 Å². The van der Waals surface area contributed by atoms with Gasteiger partial charge in [0.05, 0.1) is 24.0 Å². The second kappa shape index (κ2) is 6.79. The first-order chi connectivity index (χ1) is 10.7. The van der Waals surface area contributed by atoms with Crippen molar-refractivity contribution in [3.05, 3.63) is 41.9 Å². The maximum Gasteiger partial charge on any atom is 0.316 e. The summed E-state index contributed by atoms with van der Waals surface area (Å²) in [7, 11) is 0. The lowest BCUT2D eigenvalue weighted by molar-refractivity contribution is -0.134. The molecule has 116 valence electrons. The summed E-state index contributed by atoms with van der Waals surface area (Å²) in [6, 6.07) is 4.12. The van der Waals surface area contributed by atoms with E-state index in [4.69, 9.17) is 16.3 Å². The van der Waals surface area contributed by atoms with Gasteiger partial charge in [0, 0.05) is 18.9 Å². The van der Waals surface area contributed by atoms with Gasteiger partial charge in [0.1, 0.15) is 12.6 Å². The Morgan fingerprint density at radius 2 is 2.05 bits per heavy atom. The molecule has 0 aliphatic carbocycles. The van der Waals surface area contributed by atoms with Crippen LogP contribution in [0.15, 0.2) is 36.9 Å². The highest BCUT2D eigenvalue weighted by atomic mass is 35.5. The van der Waals surface area contributed by atoms with Crippen molar-refractivity contribution in [3.63, 3.8) is 0 Å². The Labute approximate surface area is 133 Å². The zero-order valence-corrected chi connectivity index (χ0v) is 12.8. The van der Waals surface area contributed by atoms with Gasteiger partial charge in [0.25, 0.3) is 0 Å². The molecule has 0 aromatic carbocycles. The Morgan fingerprint density at radius 3 is 2.77 bits per heavy atom. The fourth-order valence-electron chi connectivity index (χ4n) is 2.50. The third-order valence-electron chi connectivity index (χ3n) is 3.58. The topological polar surface area (TPSA) is 60.2 Å².